The van der Waals surface area contributed by atoms with Crippen LogP contribution >= 0.6 is 11.6 Å². The van der Waals surface area contributed by atoms with Crippen LogP contribution in [-0.2, 0) is 4.79 Å². The molecule has 3 fully saturated rings. The van der Waals surface area contributed by atoms with Crippen LogP contribution in [0, 0.1) is 17.8 Å². The van der Waals surface area contributed by atoms with Gasteiger partial charge in [-0.1, -0.05) is 0 Å². The summed E-state index contributed by atoms with van der Waals surface area (Å²) in [6.07, 6.45) is 5.98. The first-order valence-electron chi connectivity index (χ1n) is 11.3. The van der Waals surface area contributed by atoms with Crippen molar-refractivity contribution in [2.45, 2.75) is 49.1 Å². The number of carbonyl (C=O) groups excluding carboxylic acids is 1. The number of aromatic nitrogens is 6. The maximum absolute atomic E-state index is 15.8. The Labute approximate surface area is 198 Å². The lowest BCUT2D eigenvalue weighted by molar-refractivity contribution is -0.117. The molecular weight excluding hydrogens is 468 g/mol. The van der Waals surface area contributed by atoms with E-state index in [1.807, 2.05) is 6.92 Å². The monoisotopic (exact) mass is 491 g/mol. The van der Waals surface area contributed by atoms with E-state index in [1.54, 1.807) is 35.4 Å². The third kappa shape index (κ3) is 3.55. The summed E-state index contributed by atoms with van der Waals surface area (Å²) < 4.78 is 30.7. The lowest BCUT2D eigenvalue weighted by atomic mass is 9.67. The molecule has 0 bridgehead atoms. The molecule has 1 saturated heterocycles. The van der Waals surface area contributed by atoms with E-state index in [2.05, 4.69) is 36.3 Å². The summed E-state index contributed by atoms with van der Waals surface area (Å²) in [6, 6.07) is -0.490. The highest BCUT2D eigenvalue weighted by molar-refractivity contribution is 6.21. The van der Waals surface area contributed by atoms with Crippen molar-refractivity contribution in [2.24, 2.45) is 17.8 Å². The topological polar surface area (TPSA) is 114 Å². The number of imidazole rings is 1. The third-order valence-corrected chi connectivity index (χ3v) is 7.83. The number of amides is 1. The van der Waals surface area contributed by atoms with Gasteiger partial charge in [0.05, 0.1) is 47.8 Å². The summed E-state index contributed by atoms with van der Waals surface area (Å²) in [5.74, 6) is -1.48. The molecule has 3 aliphatic rings. The fourth-order valence-electron chi connectivity index (χ4n) is 5.45. The Balaban J connectivity index is 1.28. The number of hydrogen-bond donors (Lipinski definition) is 3. The van der Waals surface area contributed by atoms with Crippen LogP contribution in [-0.4, -0.2) is 65.6 Å². The molecule has 9 atom stereocenters. The van der Waals surface area contributed by atoms with Gasteiger partial charge >= 0.3 is 0 Å². The summed E-state index contributed by atoms with van der Waals surface area (Å²) in [5, 5.41) is 10.2. The Morgan fingerprint density at radius 1 is 1.29 bits per heavy atom. The standard InChI is InChI=1S/C21H24ClF2N9O/c1-9(33-27-2-3-28-33)16-19(24)18(22)17(11-5-26-31-20(11)16)13-7-32-8-14(29-15(32)6-25-13)30-21(34)10-4-12(10)23/h2-3,6-12,16-20,26,31H,4-5H2,1H3,(H,30,34)/t9?,10-,11?,12+,16?,17?,18?,19?,20?/m1/s1. The number of rotatable bonds is 5. The van der Waals surface area contributed by atoms with E-state index in [-0.39, 0.29) is 36.2 Å². The van der Waals surface area contributed by atoms with Crippen molar-refractivity contribution >= 4 is 29.0 Å². The van der Waals surface area contributed by atoms with Crippen LogP contribution in [0.15, 0.2) is 31.0 Å². The molecule has 13 heteroatoms. The Kier molecular flexibility index (Phi) is 5.26. The zero-order valence-corrected chi connectivity index (χ0v) is 19.0. The average molecular weight is 492 g/mol. The van der Waals surface area contributed by atoms with Gasteiger partial charge in [-0.25, -0.2) is 13.8 Å². The number of alkyl halides is 3. The Morgan fingerprint density at radius 3 is 2.79 bits per heavy atom. The van der Waals surface area contributed by atoms with E-state index >= 15 is 4.39 Å². The van der Waals surface area contributed by atoms with Gasteiger partial charge in [0, 0.05) is 30.6 Å². The van der Waals surface area contributed by atoms with Gasteiger partial charge in [-0.15, -0.1) is 11.6 Å². The second-order valence-corrected chi connectivity index (χ2v) is 9.85. The molecule has 7 unspecified atom stereocenters. The normalized spacial score (nSPS) is 35.8. The summed E-state index contributed by atoms with van der Waals surface area (Å²) in [6.45, 7) is 2.51. The molecule has 10 nitrogen and oxygen atoms in total. The van der Waals surface area contributed by atoms with Gasteiger partial charge < -0.3 is 9.72 Å². The molecule has 4 heterocycles. The smallest absolute Gasteiger partial charge is 0.231 e. The minimum absolute atomic E-state index is 0.0125. The predicted octanol–water partition coefficient (Wildman–Crippen LogP) is 1.63. The van der Waals surface area contributed by atoms with Crippen LogP contribution in [0.25, 0.3) is 5.65 Å². The van der Waals surface area contributed by atoms with E-state index in [1.165, 1.54) is 4.80 Å². The molecule has 1 amide bonds. The van der Waals surface area contributed by atoms with Gasteiger partial charge in [0.1, 0.15) is 12.3 Å². The van der Waals surface area contributed by atoms with E-state index in [9.17, 15) is 9.18 Å². The summed E-state index contributed by atoms with van der Waals surface area (Å²) in [4.78, 5) is 22.5. The van der Waals surface area contributed by atoms with Crippen LogP contribution in [0.5, 0.6) is 0 Å². The van der Waals surface area contributed by atoms with Crippen molar-refractivity contribution in [3.63, 3.8) is 0 Å². The number of hydrazine groups is 1. The predicted molar refractivity (Wildman–Crippen MR) is 119 cm³/mol. The zero-order chi connectivity index (χ0) is 23.6. The first kappa shape index (κ1) is 21.8. The fraction of sp³-hybridized carbons (Fsp3) is 0.571. The average Bonchev–Trinajstić information content (AvgIpc) is 3.26. The molecule has 1 aliphatic heterocycles. The number of nitrogens with one attached hydrogen (secondary N) is 3. The maximum atomic E-state index is 15.8. The van der Waals surface area contributed by atoms with E-state index in [0.29, 0.717) is 23.7 Å². The van der Waals surface area contributed by atoms with Gasteiger partial charge in [-0.2, -0.15) is 15.0 Å². The Bertz CT molecular complexity index is 1210. The first-order chi connectivity index (χ1) is 16.4. The molecule has 0 aromatic carbocycles. The van der Waals surface area contributed by atoms with Crippen molar-refractivity contribution < 1.29 is 13.6 Å². The van der Waals surface area contributed by atoms with Crippen LogP contribution in [0.4, 0.5) is 14.6 Å². The Hall–Kier alpha value is -2.70. The van der Waals surface area contributed by atoms with Gasteiger partial charge in [-0.05, 0) is 19.3 Å². The number of anilines is 1. The minimum atomic E-state index is -1.33. The second kappa shape index (κ2) is 8.21. The van der Waals surface area contributed by atoms with Crippen molar-refractivity contribution in [1.82, 2.24) is 40.2 Å². The van der Waals surface area contributed by atoms with Crippen molar-refractivity contribution in [1.29, 1.82) is 0 Å². The molecular formula is C21H24ClF2N9O. The molecule has 3 N–H and O–H groups in total. The molecule has 0 spiro atoms. The van der Waals surface area contributed by atoms with Crippen molar-refractivity contribution in [2.75, 3.05) is 11.9 Å². The Morgan fingerprint density at radius 2 is 2.06 bits per heavy atom. The van der Waals surface area contributed by atoms with E-state index in [4.69, 9.17) is 11.6 Å². The zero-order valence-electron chi connectivity index (χ0n) is 18.2. The van der Waals surface area contributed by atoms with Crippen LogP contribution in [0.1, 0.15) is 31.0 Å². The lowest BCUT2D eigenvalue weighted by Gasteiger charge is -2.45. The van der Waals surface area contributed by atoms with Gasteiger partial charge in [-0.3, -0.25) is 20.6 Å². The molecule has 0 radical (unpaired) electrons. The molecule has 3 aromatic rings. The summed E-state index contributed by atoms with van der Waals surface area (Å²) in [5.41, 5.74) is 7.56. The van der Waals surface area contributed by atoms with Gasteiger partial charge in [0.25, 0.3) is 0 Å². The number of fused-ring (bicyclic) bond motifs is 2. The fourth-order valence-corrected chi connectivity index (χ4v) is 5.93. The number of carbonyl (C=O) groups is 1. The summed E-state index contributed by atoms with van der Waals surface area (Å²) in [7, 11) is 0. The first-order valence-corrected chi connectivity index (χ1v) is 11.8. The molecule has 180 valence electrons. The van der Waals surface area contributed by atoms with E-state index < -0.39 is 29.6 Å². The molecule has 2 aliphatic carbocycles. The largest absolute Gasteiger partial charge is 0.309 e. The highest BCUT2D eigenvalue weighted by atomic mass is 35.5. The minimum Gasteiger partial charge on any atom is -0.309 e. The SMILES string of the molecule is CC(C1C(F)C(Cl)C(c2cn3cc(NC(=O)[C@@H]4C[C@@H]4F)nc3cn2)C2CNNC21)n1nccn1. The quantitative estimate of drug-likeness (QED) is 0.465. The van der Waals surface area contributed by atoms with Gasteiger partial charge in [0.15, 0.2) is 11.5 Å². The molecule has 34 heavy (non-hydrogen) atoms. The van der Waals surface area contributed by atoms with Crippen LogP contribution in [0.3, 0.4) is 0 Å². The summed E-state index contributed by atoms with van der Waals surface area (Å²) >= 11 is 6.78. The van der Waals surface area contributed by atoms with Crippen LogP contribution in [0.2, 0.25) is 0 Å². The van der Waals surface area contributed by atoms with E-state index in [0.717, 1.165) is 0 Å². The molecule has 6 rings (SSSR count). The van der Waals surface area contributed by atoms with Crippen molar-refractivity contribution in [3.05, 3.63) is 36.7 Å². The molecule has 3 aromatic heterocycles. The second-order valence-electron chi connectivity index (χ2n) is 9.35. The highest BCUT2D eigenvalue weighted by Crippen LogP contribution is 2.48. The number of nitrogens with zero attached hydrogens (tertiary/aromatic N) is 6. The highest BCUT2D eigenvalue weighted by Gasteiger charge is 2.55. The number of hydrogen-bond acceptors (Lipinski definition) is 7. The lowest BCUT2D eigenvalue weighted by Crippen LogP contribution is -2.55. The van der Waals surface area contributed by atoms with Gasteiger partial charge in [0.2, 0.25) is 5.91 Å². The van der Waals surface area contributed by atoms with Crippen LogP contribution < -0.4 is 16.2 Å². The third-order valence-electron chi connectivity index (χ3n) is 7.32. The maximum Gasteiger partial charge on any atom is 0.231 e. The molecule has 2 saturated carbocycles. The van der Waals surface area contributed by atoms with Crippen molar-refractivity contribution in [3.8, 4) is 0 Å². The number of halogens is 3.